The van der Waals surface area contributed by atoms with E-state index < -0.39 is 11.7 Å². The fraction of sp³-hybridized carbons (Fsp3) is 0.615. The van der Waals surface area contributed by atoms with Gasteiger partial charge in [-0.2, -0.15) is 0 Å². The Labute approximate surface area is 127 Å². The summed E-state index contributed by atoms with van der Waals surface area (Å²) in [4.78, 5) is 11.5. The van der Waals surface area contributed by atoms with Crippen molar-refractivity contribution in [3.8, 4) is 0 Å². The number of carbonyl (C=O) groups excluding carboxylic acids is 1. The zero-order valence-electron chi connectivity index (χ0n) is 11.7. The number of carbonyl (C=O) groups is 1. The van der Waals surface area contributed by atoms with Gasteiger partial charge < -0.3 is 19.8 Å². The number of rotatable bonds is 5. The SMILES string of the molecule is CC(CNCc1ccc(I)o1)NC(=O)OC(C)(C)C. The van der Waals surface area contributed by atoms with Crippen LogP contribution in [-0.2, 0) is 11.3 Å². The first-order valence-corrected chi connectivity index (χ1v) is 7.28. The van der Waals surface area contributed by atoms with Crippen molar-refractivity contribution in [1.82, 2.24) is 10.6 Å². The number of furan rings is 1. The van der Waals surface area contributed by atoms with Gasteiger partial charge in [0.05, 0.1) is 6.54 Å². The molecule has 19 heavy (non-hydrogen) atoms. The first kappa shape index (κ1) is 16.3. The lowest BCUT2D eigenvalue weighted by Gasteiger charge is -2.22. The summed E-state index contributed by atoms with van der Waals surface area (Å²) in [5, 5.41) is 5.99. The molecule has 0 aliphatic rings. The molecule has 0 saturated carbocycles. The number of nitrogens with one attached hydrogen (secondary N) is 2. The molecule has 0 bridgehead atoms. The topological polar surface area (TPSA) is 63.5 Å². The van der Waals surface area contributed by atoms with Crippen LogP contribution in [0.2, 0.25) is 0 Å². The molecule has 5 nitrogen and oxygen atoms in total. The lowest BCUT2D eigenvalue weighted by atomic mass is 10.2. The molecule has 1 unspecified atom stereocenters. The van der Waals surface area contributed by atoms with Gasteiger partial charge in [-0.3, -0.25) is 0 Å². The van der Waals surface area contributed by atoms with E-state index in [9.17, 15) is 4.79 Å². The average Bonchev–Trinajstić information content (AvgIpc) is 2.60. The summed E-state index contributed by atoms with van der Waals surface area (Å²) >= 11 is 2.13. The largest absolute Gasteiger partial charge is 0.454 e. The maximum Gasteiger partial charge on any atom is 0.407 e. The van der Waals surface area contributed by atoms with Gasteiger partial charge in [0.25, 0.3) is 0 Å². The van der Waals surface area contributed by atoms with Gasteiger partial charge in [0.1, 0.15) is 11.4 Å². The van der Waals surface area contributed by atoms with Gasteiger partial charge >= 0.3 is 6.09 Å². The molecule has 1 aromatic rings. The highest BCUT2D eigenvalue weighted by Crippen LogP contribution is 2.09. The molecule has 0 aliphatic heterocycles. The molecule has 2 N–H and O–H groups in total. The number of hydrogen-bond donors (Lipinski definition) is 2. The molecule has 0 aliphatic carbocycles. The van der Waals surface area contributed by atoms with Crippen molar-refractivity contribution in [1.29, 1.82) is 0 Å². The highest BCUT2D eigenvalue weighted by Gasteiger charge is 2.17. The Morgan fingerprint density at radius 2 is 2.16 bits per heavy atom. The zero-order valence-corrected chi connectivity index (χ0v) is 13.9. The molecule has 6 heteroatoms. The Hall–Kier alpha value is -0.760. The Morgan fingerprint density at radius 1 is 1.47 bits per heavy atom. The third kappa shape index (κ3) is 7.41. The Bertz CT molecular complexity index is 412. The van der Waals surface area contributed by atoms with Crippen molar-refractivity contribution >= 4 is 28.7 Å². The van der Waals surface area contributed by atoms with E-state index in [1.54, 1.807) is 0 Å². The standard InChI is InChI=1S/C13H21IN2O3/c1-9(16-12(17)19-13(2,3)4)7-15-8-10-5-6-11(14)18-10/h5-6,9,15H,7-8H2,1-4H3,(H,16,17). The molecule has 0 saturated heterocycles. The van der Waals surface area contributed by atoms with E-state index in [1.165, 1.54) is 0 Å². The highest BCUT2D eigenvalue weighted by molar-refractivity contribution is 14.1. The molecule has 0 radical (unpaired) electrons. The zero-order chi connectivity index (χ0) is 14.5. The third-order valence-electron chi connectivity index (χ3n) is 2.14. The molecule has 0 fully saturated rings. The summed E-state index contributed by atoms with van der Waals surface area (Å²) in [7, 11) is 0. The summed E-state index contributed by atoms with van der Waals surface area (Å²) in [5.41, 5.74) is -0.470. The molecular weight excluding hydrogens is 359 g/mol. The van der Waals surface area contributed by atoms with Crippen molar-refractivity contribution in [2.75, 3.05) is 6.54 Å². The molecular formula is C13H21IN2O3. The number of amides is 1. The Kier molecular flexibility index (Phi) is 6.12. The smallest absolute Gasteiger partial charge is 0.407 e. The van der Waals surface area contributed by atoms with Gasteiger partial charge in [-0.1, -0.05) is 0 Å². The summed E-state index contributed by atoms with van der Waals surface area (Å²) in [6.45, 7) is 8.73. The molecule has 108 valence electrons. The van der Waals surface area contributed by atoms with Crippen LogP contribution in [0.3, 0.4) is 0 Å². The Morgan fingerprint density at radius 3 is 2.68 bits per heavy atom. The van der Waals surface area contributed by atoms with Gasteiger partial charge in [-0.05, 0) is 62.4 Å². The van der Waals surface area contributed by atoms with Crippen LogP contribution in [0.4, 0.5) is 4.79 Å². The second-order valence-corrected chi connectivity index (χ2v) is 6.45. The van der Waals surface area contributed by atoms with Crippen LogP contribution in [-0.4, -0.2) is 24.3 Å². The summed E-state index contributed by atoms with van der Waals surface area (Å²) < 4.78 is 11.5. The van der Waals surface area contributed by atoms with Crippen molar-refractivity contribution in [3.05, 3.63) is 21.7 Å². The number of ether oxygens (including phenoxy) is 1. The predicted octanol–water partition coefficient (Wildman–Crippen LogP) is 2.89. The summed E-state index contributed by atoms with van der Waals surface area (Å²) in [6, 6.07) is 3.84. The summed E-state index contributed by atoms with van der Waals surface area (Å²) in [5.74, 6) is 0.883. The van der Waals surface area contributed by atoms with Crippen LogP contribution in [0, 0.1) is 3.77 Å². The van der Waals surface area contributed by atoms with Gasteiger partial charge in [0, 0.05) is 12.6 Å². The monoisotopic (exact) mass is 380 g/mol. The number of alkyl carbamates (subject to hydrolysis) is 1. The normalized spacial score (nSPS) is 13.1. The minimum atomic E-state index is -0.470. The molecule has 1 atom stereocenters. The predicted molar refractivity (Wildman–Crippen MR) is 82.0 cm³/mol. The molecule has 0 aromatic carbocycles. The minimum Gasteiger partial charge on any atom is -0.454 e. The molecule has 1 rings (SSSR count). The quantitative estimate of drug-likeness (QED) is 0.772. The Balaban J connectivity index is 2.21. The van der Waals surface area contributed by atoms with E-state index in [0.29, 0.717) is 13.1 Å². The highest BCUT2D eigenvalue weighted by atomic mass is 127. The van der Waals surface area contributed by atoms with Crippen molar-refractivity contribution in [2.45, 2.75) is 45.9 Å². The van der Waals surface area contributed by atoms with Crippen LogP contribution in [0.15, 0.2) is 16.5 Å². The van der Waals surface area contributed by atoms with Crippen LogP contribution in [0.25, 0.3) is 0 Å². The van der Waals surface area contributed by atoms with Crippen LogP contribution < -0.4 is 10.6 Å². The van der Waals surface area contributed by atoms with E-state index >= 15 is 0 Å². The fourth-order valence-corrected chi connectivity index (χ4v) is 1.88. The second-order valence-electron chi connectivity index (χ2n) is 5.38. The molecule has 1 aromatic heterocycles. The lowest BCUT2D eigenvalue weighted by molar-refractivity contribution is 0.0508. The van der Waals surface area contributed by atoms with E-state index in [4.69, 9.17) is 9.15 Å². The van der Waals surface area contributed by atoms with E-state index in [-0.39, 0.29) is 6.04 Å². The molecule has 1 amide bonds. The maximum atomic E-state index is 11.5. The van der Waals surface area contributed by atoms with Crippen molar-refractivity contribution in [3.63, 3.8) is 0 Å². The van der Waals surface area contributed by atoms with Gasteiger partial charge in [0.15, 0.2) is 3.77 Å². The minimum absolute atomic E-state index is 0.0103. The van der Waals surface area contributed by atoms with E-state index in [2.05, 4.69) is 33.2 Å². The number of halogens is 1. The average molecular weight is 380 g/mol. The van der Waals surface area contributed by atoms with E-state index in [0.717, 1.165) is 9.53 Å². The van der Waals surface area contributed by atoms with Gasteiger partial charge in [-0.15, -0.1) is 0 Å². The third-order valence-corrected chi connectivity index (χ3v) is 2.72. The van der Waals surface area contributed by atoms with Crippen LogP contribution in [0.5, 0.6) is 0 Å². The first-order chi connectivity index (χ1) is 8.76. The van der Waals surface area contributed by atoms with Crippen molar-refractivity contribution < 1.29 is 13.9 Å². The van der Waals surface area contributed by atoms with E-state index in [1.807, 2.05) is 39.8 Å². The molecule has 1 heterocycles. The fourth-order valence-electron chi connectivity index (χ4n) is 1.42. The van der Waals surface area contributed by atoms with Crippen LogP contribution >= 0.6 is 22.6 Å². The molecule has 0 spiro atoms. The maximum absolute atomic E-state index is 11.5. The lowest BCUT2D eigenvalue weighted by Crippen LogP contribution is -2.42. The summed E-state index contributed by atoms with van der Waals surface area (Å²) in [6.07, 6.45) is -0.394. The van der Waals surface area contributed by atoms with Gasteiger partial charge in [0.2, 0.25) is 0 Å². The van der Waals surface area contributed by atoms with Crippen LogP contribution in [0.1, 0.15) is 33.5 Å². The second kappa shape index (κ2) is 7.14. The first-order valence-electron chi connectivity index (χ1n) is 6.21. The van der Waals surface area contributed by atoms with Gasteiger partial charge in [-0.25, -0.2) is 4.79 Å². The van der Waals surface area contributed by atoms with Crippen molar-refractivity contribution in [2.24, 2.45) is 0 Å². The number of hydrogen-bond acceptors (Lipinski definition) is 4.